The van der Waals surface area contributed by atoms with Crippen molar-refractivity contribution in [2.45, 2.75) is 31.9 Å². The summed E-state index contributed by atoms with van der Waals surface area (Å²) in [5, 5.41) is 3.72. The number of piperidine rings is 1. The lowest BCUT2D eigenvalue weighted by Crippen LogP contribution is -2.54. The molecule has 0 unspecified atom stereocenters. The van der Waals surface area contributed by atoms with Crippen LogP contribution in [0.25, 0.3) is 0 Å². The molecule has 7 heteroatoms. The quantitative estimate of drug-likeness (QED) is 0.697. The summed E-state index contributed by atoms with van der Waals surface area (Å²) in [6.07, 6.45) is 0.753. The van der Waals surface area contributed by atoms with E-state index >= 15 is 0 Å². The molecule has 0 spiro atoms. The average Bonchev–Trinajstić information content (AvgIpc) is 2.75. The molecule has 154 valence electrons. The second kappa shape index (κ2) is 9.51. The zero-order chi connectivity index (χ0) is 20.9. The Bertz CT molecular complexity index is 866. The van der Waals surface area contributed by atoms with Gasteiger partial charge in [0.1, 0.15) is 12.5 Å². The van der Waals surface area contributed by atoms with Crippen molar-refractivity contribution >= 4 is 35.2 Å². The molecule has 5 nitrogen and oxygen atoms in total. The van der Waals surface area contributed by atoms with Gasteiger partial charge in [0.25, 0.3) is 0 Å². The standard InChI is InChI=1S/C22H24Cl2N2O3/c1-16-18(8-5-9-19(16)24)22(25-20(27)14-23)10-12-26(13-11-22)21(28)29-15-17-6-3-2-4-7-17/h2-9H,10-15H2,1H3,(H,25,27). The van der Waals surface area contributed by atoms with Crippen molar-refractivity contribution < 1.29 is 14.3 Å². The maximum atomic E-state index is 12.5. The Hall–Kier alpha value is -2.24. The van der Waals surface area contributed by atoms with Gasteiger partial charge in [-0.2, -0.15) is 0 Å². The van der Waals surface area contributed by atoms with Gasteiger partial charge in [0.05, 0.1) is 5.54 Å². The summed E-state index contributed by atoms with van der Waals surface area (Å²) >= 11 is 12.1. The van der Waals surface area contributed by atoms with Crippen LogP contribution in [-0.2, 0) is 21.7 Å². The Morgan fingerprint density at radius 3 is 2.45 bits per heavy atom. The van der Waals surface area contributed by atoms with E-state index in [-0.39, 0.29) is 24.5 Å². The fourth-order valence-corrected chi connectivity index (χ4v) is 4.01. The number of benzene rings is 2. The first-order valence-electron chi connectivity index (χ1n) is 9.53. The highest BCUT2D eigenvalue weighted by Gasteiger charge is 2.40. The minimum Gasteiger partial charge on any atom is -0.445 e. The lowest BCUT2D eigenvalue weighted by atomic mass is 9.79. The molecule has 1 N–H and O–H groups in total. The number of carbonyl (C=O) groups is 2. The van der Waals surface area contributed by atoms with Crippen LogP contribution in [0.15, 0.2) is 48.5 Å². The van der Waals surface area contributed by atoms with E-state index in [1.54, 1.807) is 4.90 Å². The molecule has 1 aliphatic heterocycles. The van der Waals surface area contributed by atoms with Gasteiger partial charge in [-0.3, -0.25) is 4.79 Å². The van der Waals surface area contributed by atoms with Gasteiger partial charge in [-0.1, -0.05) is 54.1 Å². The third-order valence-corrected chi connectivity index (χ3v) is 6.02. The van der Waals surface area contributed by atoms with Crippen molar-refractivity contribution in [1.82, 2.24) is 10.2 Å². The molecule has 0 aliphatic carbocycles. The van der Waals surface area contributed by atoms with Crippen molar-refractivity contribution in [2.75, 3.05) is 19.0 Å². The Morgan fingerprint density at radius 1 is 1.10 bits per heavy atom. The van der Waals surface area contributed by atoms with Crippen LogP contribution >= 0.6 is 23.2 Å². The predicted octanol–water partition coefficient (Wildman–Crippen LogP) is 4.63. The van der Waals surface area contributed by atoms with Gasteiger partial charge in [-0.15, -0.1) is 11.6 Å². The Labute approximate surface area is 180 Å². The van der Waals surface area contributed by atoms with Crippen LogP contribution < -0.4 is 5.32 Å². The summed E-state index contributed by atoms with van der Waals surface area (Å²) in [6, 6.07) is 15.2. The highest BCUT2D eigenvalue weighted by molar-refractivity contribution is 6.31. The van der Waals surface area contributed by atoms with Crippen molar-refractivity contribution in [1.29, 1.82) is 0 Å². The van der Waals surface area contributed by atoms with E-state index in [1.165, 1.54) is 0 Å². The van der Waals surface area contributed by atoms with Crippen molar-refractivity contribution in [3.63, 3.8) is 0 Å². The average molecular weight is 435 g/mol. The van der Waals surface area contributed by atoms with Crippen LogP contribution in [0.2, 0.25) is 5.02 Å². The number of carbonyl (C=O) groups excluding carboxylic acids is 2. The van der Waals surface area contributed by atoms with E-state index in [0.717, 1.165) is 16.7 Å². The number of ether oxygens (including phenoxy) is 1. The Morgan fingerprint density at radius 2 is 1.79 bits per heavy atom. The molecule has 1 saturated heterocycles. The Kier molecular flexibility index (Phi) is 7.04. The van der Waals surface area contributed by atoms with Crippen LogP contribution in [0.5, 0.6) is 0 Å². The van der Waals surface area contributed by atoms with E-state index in [0.29, 0.717) is 31.0 Å². The third kappa shape index (κ3) is 5.03. The van der Waals surface area contributed by atoms with Gasteiger partial charge in [-0.25, -0.2) is 4.79 Å². The monoisotopic (exact) mass is 434 g/mol. The molecule has 1 heterocycles. The first-order valence-corrected chi connectivity index (χ1v) is 10.4. The number of halogens is 2. The third-order valence-electron chi connectivity index (χ3n) is 5.36. The molecule has 2 aromatic carbocycles. The van der Waals surface area contributed by atoms with Gasteiger partial charge in [-0.05, 0) is 42.5 Å². The van der Waals surface area contributed by atoms with E-state index in [9.17, 15) is 9.59 Å². The summed E-state index contributed by atoms with van der Waals surface area (Å²) in [4.78, 5) is 26.3. The maximum absolute atomic E-state index is 12.5. The zero-order valence-electron chi connectivity index (χ0n) is 16.3. The zero-order valence-corrected chi connectivity index (χ0v) is 17.8. The highest BCUT2D eigenvalue weighted by Crippen LogP contribution is 2.37. The van der Waals surface area contributed by atoms with Crippen LogP contribution in [0.1, 0.15) is 29.5 Å². The molecule has 2 amide bonds. The number of nitrogens with zero attached hydrogens (tertiary/aromatic N) is 1. The smallest absolute Gasteiger partial charge is 0.410 e. The number of rotatable bonds is 5. The van der Waals surface area contributed by atoms with Gasteiger partial charge < -0.3 is 15.0 Å². The van der Waals surface area contributed by atoms with Crippen LogP contribution in [0.3, 0.4) is 0 Å². The molecule has 0 saturated carbocycles. The van der Waals surface area contributed by atoms with Gasteiger partial charge >= 0.3 is 6.09 Å². The van der Waals surface area contributed by atoms with Crippen molar-refractivity contribution in [3.8, 4) is 0 Å². The number of alkyl halides is 1. The molecule has 0 bridgehead atoms. The van der Waals surface area contributed by atoms with Crippen LogP contribution in [-0.4, -0.2) is 35.9 Å². The number of amides is 2. The lowest BCUT2D eigenvalue weighted by Gasteiger charge is -2.43. The van der Waals surface area contributed by atoms with E-state index < -0.39 is 5.54 Å². The molecular formula is C22H24Cl2N2O3. The van der Waals surface area contributed by atoms with E-state index in [2.05, 4.69) is 5.32 Å². The van der Waals surface area contributed by atoms with Crippen LogP contribution in [0, 0.1) is 6.92 Å². The summed E-state index contributed by atoms with van der Waals surface area (Å²) in [5.41, 5.74) is 2.21. The summed E-state index contributed by atoms with van der Waals surface area (Å²) in [6.45, 7) is 3.09. The van der Waals surface area contributed by atoms with Gasteiger partial charge in [0, 0.05) is 18.1 Å². The first-order chi connectivity index (χ1) is 13.9. The maximum Gasteiger partial charge on any atom is 0.410 e. The number of nitrogens with one attached hydrogen (secondary N) is 1. The molecule has 3 rings (SSSR count). The molecule has 0 atom stereocenters. The largest absolute Gasteiger partial charge is 0.445 e. The lowest BCUT2D eigenvalue weighted by molar-refractivity contribution is -0.121. The second-order valence-electron chi connectivity index (χ2n) is 7.20. The molecule has 0 radical (unpaired) electrons. The van der Waals surface area contributed by atoms with Crippen molar-refractivity contribution in [2.24, 2.45) is 0 Å². The summed E-state index contributed by atoms with van der Waals surface area (Å²) in [5.74, 6) is -0.365. The summed E-state index contributed by atoms with van der Waals surface area (Å²) in [7, 11) is 0. The highest BCUT2D eigenvalue weighted by atomic mass is 35.5. The predicted molar refractivity (Wildman–Crippen MR) is 114 cm³/mol. The fourth-order valence-electron chi connectivity index (χ4n) is 3.77. The SMILES string of the molecule is Cc1c(Cl)cccc1C1(NC(=O)CCl)CCN(C(=O)OCc2ccccc2)CC1. The second-order valence-corrected chi connectivity index (χ2v) is 7.88. The minimum atomic E-state index is -0.614. The fraction of sp³-hybridized carbons (Fsp3) is 0.364. The van der Waals surface area contributed by atoms with Crippen molar-refractivity contribution in [3.05, 3.63) is 70.2 Å². The van der Waals surface area contributed by atoms with Gasteiger partial charge in [0.15, 0.2) is 0 Å². The summed E-state index contributed by atoms with van der Waals surface area (Å²) < 4.78 is 5.44. The molecule has 1 fully saturated rings. The minimum absolute atomic E-state index is 0.121. The van der Waals surface area contributed by atoms with E-state index in [4.69, 9.17) is 27.9 Å². The molecule has 0 aromatic heterocycles. The number of likely N-dealkylation sites (tertiary alicyclic amines) is 1. The first kappa shape index (κ1) is 21.5. The number of hydrogen-bond donors (Lipinski definition) is 1. The van der Waals surface area contributed by atoms with Gasteiger partial charge in [0.2, 0.25) is 5.91 Å². The molecular weight excluding hydrogens is 411 g/mol. The topological polar surface area (TPSA) is 58.6 Å². The molecule has 29 heavy (non-hydrogen) atoms. The number of hydrogen-bond acceptors (Lipinski definition) is 3. The normalized spacial score (nSPS) is 15.6. The van der Waals surface area contributed by atoms with Crippen LogP contribution in [0.4, 0.5) is 4.79 Å². The van der Waals surface area contributed by atoms with E-state index in [1.807, 2.05) is 55.5 Å². The molecule has 1 aliphatic rings. The molecule has 2 aromatic rings. The Balaban J connectivity index is 1.71.